The van der Waals surface area contributed by atoms with Gasteiger partial charge in [-0.25, -0.2) is 4.98 Å². The Morgan fingerprint density at radius 2 is 1.73 bits per heavy atom. The normalized spacial score (nSPS) is 10.4. The maximum Gasteiger partial charge on any atom is 0.264 e. The lowest BCUT2D eigenvalue weighted by molar-refractivity contribution is -0.118. The molecule has 0 aliphatic rings. The largest absolute Gasteiger partial charge is 0.494 e. The van der Waals surface area contributed by atoms with E-state index in [-0.39, 0.29) is 12.5 Å². The zero-order chi connectivity index (χ0) is 18.4. The van der Waals surface area contributed by atoms with E-state index in [9.17, 15) is 4.79 Å². The second-order valence-corrected chi connectivity index (χ2v) is 6.58. The fourth-order valence-corrected chi connectivity index (χ4v) is 3.05. The molecule has 26 heavy (non-hydrogen) atoms. The molecule has 0 saturated heterocycles. The van der Waals surface area contributed by atoms with E-state index in [1.165, 1.54) is 11.3 Å². The molecule has 3 rings (SSSR count). The topological polar surface area (TPSA) is 60.5 Å². The van der Waals surface area contributed by atoms with Gasteiger partial charge in [0, 0.05) is 16.0 Å². The van der Waals surface area contributed by atoms with Crippen molar-refractivity contribution < 1.29 is 14.3 Å². The third-order valence-electron chi connectivity index (χ3n) is 3.40. The molecule has 1 amide bonds. The van der Waals surface area contributed by atoms with Crippen molar-refractivity contribution in [2.75, 3.05) is 18.5 Å². The highest BCUT2D eigenvalue weighted by Gasteiger charge is 2.09. The number of hydrogen-bond acceptors (Lipinski definition) is 5. The molecule has 0 saturated carbocycles. The summed E-state index contributed by atoms with van der Waals surface area (Å²) < 4.78 is 10.8. The summed E-state index contributed by atoms with van der Waals surface area (Å²) in [6, 6.07) is 14.5. The van der Waals surface area contributed by atoms with Crippen LogP contribution < -0.4 is 14.8 Å². The molecule has 1 aromatic heterocycles. The molecule has 0 aliphatic heterocycles. The minimum absolute atomic E-state index is 0.0976. The van der Waals surface area contributed by atoms with Crippen LogP contribution in [0.4, 0.5) is 5.13 Å². The number of carbonyl (C=O) groups is 1. The summed E-state index contributed by atoms with van der Waals surface area (Å²) in [6.07, 6.45) is 0. The number of benzene rings is 2. The first kappa shape index (κ1) is 18.2. The summed E-state index contributed by atoms with van der Waals surface area (Å²) in [5, 5.41) is 5.78. The first-order valence-corrected chi connectivity index (χ1v) is 9.27. The van der Waals surface area contributed by atoms with Gasteiger partial charge in [0.2, 0.25) is 0 Å². The third-order valence-corrected chi connectivity index (χ3v) is 4.40. The summed E-state index contributed by atoms with van der Waals surface area (Å²) in [5.74, 6) is 1.13. The van der Waals surface area contributed by atoms with Gasteiger partial charge < -0.3 is 9.47 Å². The number of halogens is 1. The molecule has 0 fully saturated rings. The summed E-state index contributed by atoms with van der Waals surface area (Å²) in [5.41, 5.74) is 1.76. The smallest absolute Gasteiger partial charge is 0.264 e. The number of carbonyl (C=O) groups excluding carboxylic acids is 1. The van der Waals surface area contributed by atoms with E-state index in [1.54, 1.807) is 24.3 Å². The SMILES string of the molecule is CCOc1ccc(-c2csc(NC(=O)COc3ccc(Cl)cc3)n2)cc1. The fourth-order valence-electron chi connectivity index (χ4n) is 2.19. The predicted octanol–water partition coefficient (Wildman–Crippen LogP) is 4.88. The van der Waals surface area contributed by atoms with Gasteiger partial charge in [0.25, 0.3) is 5.91 Å². The van der Waals surface area contributed by atoms with Crippen LogP contribution in [0.2, 0.25) is 5.02 Å². The molecule has 0 radical (unpaired) electrons. The lowest BCUT2D eigenvalue weighted by Crippen LogP contribution is -2.20. The number of amides is 1. The molecule has 1 N–H and O–H groups in total. The lowest BCUT2D eigenvalue weighted by Gasteiger charge is -2.05. The quantitative estimate of drug-likeness (QED) is 0.626. The summed E-state index contributed by atoms with van der Waals surface area (Å²) in [7, 11) is 0. The Bertz CT molecular complexity index is 863. The second-order valence-electron chi connectivity index (χ2n) is 5.29. The molecule has 0 bridgehead atoms. The Balaban J connectivity index is 1.55. The first-order chi connectivity index (χ1) is 12.6. The Labute approximate surface area is 160 Å². The molecule has 0 unspecified atom stereocenters. The Kier molecular flexibility index (Phi) is 6.09. The van der Waals surface area contributed by atoms with Crippen LogP contribution in [-0.4, -0.2) is 24.1 Å². The Morgan fingerprint density at radius 1 is 1.08 bits per heavy atom. The van der Waals surface area contributed by atoms with Crippen LogP contribution in [0, 0.1) is 0 Å². The van der Waals surface area contributed by atoms with Crippen LogP contribution in [-0.2, 0) is 4.79 Å². The van der Waals surface area contributed by atoms with Crippen LogP contribution in [0.25, 0.3) is 11.3 Å². The zero-order valence-electron chi connectivity index (χ0n) is 14.1. The second kappa shape index (κ2) is 8.69. The van der Waals surface area contributed by atoms with Gasteiger partial charge in [0.15, 0.2) is 11.7 Å². The van der Waals surface area contributed by atoms with E-state index in [0.29, 0.717) is 22.5 Å². The highest BCUT2D eigenvalue weighted by Crippen LogP contribution is 2.26. The van der Waals surface area contributed by atoms with Crippen molar-refractivity contribution in [1.29, 1.82) is 0 Å². The van der Waals surface area contributed by atoms with Gasteiger partial charge in [-0.05, 0) is 55.5 Å². The van der Waals surface area contributed by atoms with Crippen molar-refractivity contribution in [2.24, 2.45) is 0 Å². The summed E-state index contributed by atoms with van der Waals surface area (Å²) in [6.45, 7) is 2.48. The number of nitrogens with zero attached hydrogens (tertiary/aromatic N) is 1. The monoisotopic (exact) mass is 388 g/mol. The van der Waals surface area contributed by atoms with Crippen molar-refractivity contribution in [3.63, 3.8) is 0 Å². The average molecular weight is 389 g/mol. The number of rotatable bonds is 7. The van der Waals surface area contributed by atoms with E-state index in [4.69, 9.17) is 21.1 Å². The van der Waals surface area contributed by atoms with Gasteiger partial charge in [0.1, 0.15) is 11.5 Å². The van der Waals surface area contributed by atoms with Gasteiger partial charge in [0.05, 0.1) is 12.3 Å². The molecule has 134 valence electrons. The van der Waals surface area contributed by atoms with Gasteiger partial charge in [-0.1, -0.05) is 11.6 Å². The minimum atomic E-state index is -0.271. The van der Waals surface area contributed by atoms with Crippen molar-refractivity contribution in [2.45, 2.75) is 6.92 Å². The summed E-state index contributed by atoms with van der Waals surface area (Å²) >= 11 is 7.17. The van der Waals surface area contributed by atoms with Crippen LogP contribution in [0.15, 0.2) is 53.9 Å². The predicted molar refractivity (Wildman–Crippen MR) is 104 cm³/mol. The molecule has 1 heterocycles. The number of aromatic nitrogens is 1. The summed E-state index contributed by atoms with van der Waals surface area (Å²) in [4.78, 5) is 16.4. The minimum Gasteiger partial charge on any atom is -0.494 e. The van der Waals surface area contributed by atoms with E-state index in [0.717, 1.165) is 17.0 Å². The Hall–Kier alpha value is -2.57. The van der Waals surface area contributed by atoms with Gasteiger partial charge >= 0.3 is 0 Å². The number of thiazole rings is 1. The maximum atomic E-state index is 12.0. The molecule has 3 aromatic rings. The molecule has 0 aliphatic carbocycles. The standard InChI is InChI=1S/C19H17ClN2O3S/c1-2-24-15-7-3-13(4-8-15)17-12-26-19(21-17)22-18(23)11-25-16-9-5-14(20)6-10-16/h3-10,12H,2,11H2,1H3,(H,21,22,23). The molecular weight excluding hydrogens is 372 g/mol. The number of hydrogen-bond donors (Lipinski definition) is 1. The van der Waals surface area contributed by atoms with E-state index in [2.05, 4.69) is 10.3 Å². The van der Waals surface area contributed by atoms with Crippen LogP contribution in [0.3, 0.4) is 0 Å². The van der Waals surface area contributed by atoms with E-state index >= 15 is 0 Å². The van der Waals surface area contributed by atoms with Crippen molar-refractivity contribution >= 4 is 34.0 Å². The maximum absolute atomic E-state index is 12.0. The number of ether oxygens (including phenoxy) is 2. The Morgan fingerprint density at radius 3 is 2.42 bits per heavy atom. The van der Waals surface area contributed by atoms with Crippen LogP contribution >= 0.6 is 22.9 Å². The number of nitrogens with one attached hydrogen (secondary N) is 1. The third kappa shape index (κ3) is 4.97. The van der Waals surface area contributed by atoms with Crippen molar-refractivity contribution in [1.82, 2.24) is 4.98 Å². The van der Waals surface area contributed by atoms with Crippen LogP contribution in [0.5, 0.6) is 11.5 Å². The average Bonchev–Trinajstić information content (AvgIpc) is 3.10. The van der Waals surface area contributed by atoms with Gasteiger partial charge in [-0.15, -0.1) is 11.3 Å². The van der Waals surface area contributed by atoms with Gasteiger partial charge in [-0.2, -0.15) is 0 Å². The zero-order valence-corrected chi connectivity index (χ0v) is 15.6. The fraction of sp³-hybridized carbons (Fsp3) is 0.158. The number of anilines is 1. The van der Waals surface area contributed by atoms with Crippen molar-refractivity contribution in [3.05, 3.63) is 58.9 Å². The van der Waals surface area contributed by atoms with Gasteiger partial charge in [-0.3, -0.25) is 10.1 Å². The molecule has 0 spiro atoms. The molecule has 5 nitrogen and oxygen atoms in total. The van der Waals surface area contributed by atoms with E-state index < -0.39 is 0 Å². The molecular formula is C19H17ClN2O3S. The lowest BCUT2D eigenvalue weighted by atomic mass is 10.2. The highest BCUT2D eigenvalue weighted by atomic mass is 35.5. The van der Waals surface area contributed by atoms with E-state index in [1.807, 2.05) is 36.6 Å². The van der Waals surface area contributed by atoms with Crippen molar-refractivity contribution in [3.8, 4) is 22.8 Å². The van der Waals surface area contributed by atoms with Crippen LogP contribution in [0.1, 0.15) is 6.92 Å². The highest BCUT2D eigenvalue weighted by molar-refractivity contribution is 7.14. The molecule has 0 atom stereocenters. The molecule has 2 aromatic carbocycles. The first-order valence-electron chi connectivity index (χ1n) is 8.01. The molecule has 7 heteroatoms.